The zero-order valence-corrected chi connectivity index (χ0v) is 16.6. The fourth-order valence-corrected chi connectivity index (χ4v) is 3.26. The fraction of sp³-hybridized carbons (Fsp3) is 0.0909. The summed E-state index contributed by atoms with van der Waals surface area (Å²) < 4.78 is 1.37. The van der Waals surface area contributed by atoms with Crippen LogP contribution in [-0.4, -0.2) is 20.8 Å². The number of fused-ring (bicyclic) bond motifs is 1. The summed E-state index contributed by atoms with van der Waals surface area (Å²) in [5, 5.41) is 11.6. The zero-order valence-electron chi connectivity index (χ0n) is 15.9. The Bertz CT molecular complexity index is 1260. The van der Waals surface area contributed by atoms with E-state index in [1.165, 1.54) is 4.68 Å². The van der Waals surface area contributed by atoms with Crippen molar-refractivity contribution in [3.05, 3.63) is 99.7 Å². The van der Waals surface area contributed by atoms with Gasteiger partial charge in [-0.15, -0.1) is 0 Å². The quantitative estimate of drug-likeness (QED) is 0.514. The Hall–Kier alpha value is -3.71. The van der Waals surface area contributed by atoms with Crippen molar-refractivity contribution < 1.29 is 4.79 Å². The molecule has 0 aliphatic carbocycles. The van der Waals surface area contributed by atoms with Crippen LogP contribution in [0, 0.1) is 0 Å². The van der Waals surface area contributed by atoms with Crippen molar-refractivity contribution in [1.82, 2.24) is 20.1 Å². The summed E-state index contributed by atoms with van der Waals surface area (Å²) in [5.41, 5.74) is 1.60. The van der Waals surface area contributed by atoms with Gasteiger partial charge in [0.2, 0.25) is 0 Å². The molecule has 2 N–H and O–H groups in total. The summed E-state index contributed by atoms with van der Waals surface area (Å²) in [6.07, 6.45) is 1.67. The molecule has 0 bridgehead atoms. The number of amides is 2. The summed E-state index contributed by atoms with van der Waals surface area (Å²) in [5.74, 6) is 0. The Kier molecular flexibility index (Phi) is 5.72. The van der Waals surface area contributed by atoms with Crippen LogP contribution in [0.2, 0.25) is 5.02 Å². The van der Waals surface area contributed by atoms with Crippen molar-refractivity contribution in [3.63, 3.8) is 0 Å². The van der Waals surface area contributed by atoms with Crippen LogP contribution >= 0.6 is 11.6 Å². The van der Waals surface area contributed by atoms with Gasteiger partial charge in [0.25, 0.3) is 5.56 Å². The largest absolute Gasteiger partial charge is 0.332 e. The first-order valence-electron chi connectivity index (χ1n) is 9.30. The molecule has 4 aromatic rings. The van der Waals surface area contributed by atoms with Gasteiger partial charge in [-0.3, -0.25) is 9.78 Å². The van der Waals surface area contributed by atoms with Crippen LogP contribution in [0.25, 0.3) is 10.8 Å². The first-order valence-corrected chi connectivity index (χ1v) is 9.67. The molecule has 2 aromatic heterocycles. The van der Waals surface area contributed by atoms with E-state index >= 15 is 0 Å². The highest BCUT2D eigenvalue weighted by Gasteiger charge is 2.12. The molecular formula is C22H18ClN5O2. The molecule has 0 saturated heterocycles. The van der Waals surface area contributed by atoms with Crippen molar-refractivity contribution in [3.8, 4) is 0 Å². The molecule has 30 heavy (non-hydrogen) atoms. The minimum Gasteiger partial charge on any atom is -0.332 e. The van der Waals surface area contributed by atoms with E-state index in [1.54, 1.807) is 42.6 Å². The zero-order chi connectivity index (χ0) is 20.9. The van der Waals surface area contributed by atoms with E-state index in [9.17, 15) is 9.59 Å². The lowest BCUT2D eigenvalue weighted by molar-refractivity contribution is 0.251. The number of halogens is 1. The molecule has 0 saturated carbocycles. The predicted octanol–water partition coefficient (Wildman–Crippen LogP) is 3.81. The number of pyridine rings is 1. The minimum absolute atomic E-state index is 0.138. The summed E-state index contributed by atoms with van der Waals surface area (Å²) in [7, 11) is 0. The lowest BCUT2D eigenvalue weighted by Crippen LogP contribution is -2.31. The smallest absolute Gasteiger partial charge is 0.319 e. The van der Waals surface area contributed by atoms with Gasteiger partial charge in [-0.25, -0.2) is 9.48 Å². The van der Waals surface area contributed by atoms with E-state index in [1.807, 2.05) is 30.3 Å². The SMILES string of the molecule is O=C(NCc1nn(Cc2ccccn2)c(=O)c2ccccc12)Nc1ccccc1Cl. The molecule has 2 aromatic carbocycles. The van der Waals surface area contributed by atoms with Gasteiger partial charge in [-0.1, -0.05) is 48.0 Å². The van der Waals surface area contributed by atoms with Gasteiger partial charge in [-0.2, -0.15) is 5.10 Å². The van der Waals surface area contributed by atoms with Crippen LogP contribution in [0.1, 0.15) is 11.4 Å². The number of aromatic nitrogens is 3. The van der Waals surface area contributed by atoms with Crippen molar-refractivity contribution in [1.29, 1.82) is 0 Å². The second-order valence-electron chi connectivity index (χ2n) is 6.56. The molecule has 2 heterocycles. The standard InChI is InChI=1S/C22H18ClN5O2/c23-18-10-3-4-11-19(18)26-22(30)25-13-20-16-8-1-2-9-17(16)21(29)28(27-20)14-15-7-5-6-12-24-15/h1-12H,13-14H2,(H2,25,26,30). The molecule has 2 amide bonds. The molecule has 150 valence electrons. The van der Waals surface area contributed by atoms with Gasteiger partial charge in [0.05, 0.1) is 40.6 Å². The Morgan fingerprint density at radius 3 is 2.47 bits per heavy atom. The van der Waals surface area contributed by atoms with E-state index in [-0.39, 0.29) is 18.6 Å². The second kappa shape index (κ2) is 8.75. The summed E-state index contributed by atoms with van der Waals surface area (Å²) in [6.45, 7) is 0.378. The number of carbonyl (C=O) groups excluding carboxylic acids is 1. The highest BCUT2D eigenvalue weighted by Crippen LogP contribution is 2.20. The molecule has 8 heteroatoms. The number of hydrogen-bond acceptors (Lipinski definition) is 4. The molecule has 0 atom stereocenters. The van der Waals surface area contributed by atoms with Crippen LogP contribution in [-0.2, 0) is 13.1 Å². The van der Waals surface area contributed by atoms with Crippen LogP contribution in [0.5, 0.6) is 0 Å². The van der Waals surface area contributed by atoms with Gasteiger partial charge in [0.15, 0.2) is 0 Å². The van der Waals surface area contributed by atoms with Gasteiger partial charge in [-0.05, 0) is 30.3 Å². The Morgan fingerprint density at radius 2 is 1.70 bits per heavy atom. The van der Waals surface area contributed by atoms with Gasteiger partial charge in [0.1, 0.15) is 0 Å². The number of rotatable bonds is 5. The molecule has 0 aliphatic rings. The average molecular weight is 420 g/mol. The predicted molar refractivity (Wildman–Crippen MR) is 117 cm³/mol. The van der Waals surface area contributed by atoms with Crippen LogP contribution in [0.4, 0.5) is 10.5 Å². The molecule has 0 unspecified atom stereocenters. The monoisotopic (exact) mass is 419 g/mol. The van der Waals surface area contributed by atoms with Crippen LogP contribution < -0.4 is 16.2 Å². The number of para-hydroxylation sites is 1. The highest BCUT2D eigenvalue weighted by molar-refractivity contribution is 6.33. The summed E-state index contributed by atoms with van der Waals surface area (Å²) in [6, 6.07) is 19.3. The topological polar surface area (TPSA) is 88.9 Å². The van der Waals surface area contributed by atoms with Crippen molar-refractivity contribution >= 4 is 34.1 Å². The van der Waals surface area contributed by atoms with E-state index in [0.717, 1.165) is 5.69 Å². The van der Waals surface area contributed by atoms with Crippen molar-refractivity contribution in [2.75, 3.05) is 5.32 Å². The number of hydrogen-bond donors (Lipinski definition) is 2. The normalized spacial score (nSPS) is 10.7. The van der Waals surface area contributed by atoms with Crippen molar-refractivity contribution in [2.24, 2.45) is 0 Å². The molecule has 4 rings (SSSR count). The van der Waals surface area contributed by atoms with E-state index in [2.05, 4.69) is 20.7 Å². The number of nitrogens with one attached hydrogen (secondary N) is 2. The Labute approximate surface area is 177 Å². The highest BCUT2D eigenvalue weighted by atomic mass is 35.5. The van der Waals surface area contributed by atoms with Gasteiger partial charge < -0.3 is 10.6 Å². The first kappa shape index (κ1) is 19.6. The van der Waals surface area contributed by atoms with Crippen LogP contribution in [0.15, 0.2) is 77.7 Å². The molecule has 0 fully saturated rings. The number of anilines is 1. The molecule has 0 aliphatic heterocycles. The number of carbonyl (C=O) groups is 1. The number of nitrogens with zero attached hydrogens (tertiary/aromatic N) is 3. The minimum atomic E-state index is -0.420. The van der Waals surface area contributed by atoms with Gasteiger partial charge in [0, 0.05) is 11.6 Å². The maximum Gasteiger partial charge on any atom is 0.319 e. The Morgan fingerprint density at radius 1 is 0.967 bits per heavy atom. The van der Waals surface area contributed by atoms with Crippen molar-refractivity contribution in [2.45, 2.75) is 13.1 Å². The number of urea groups is 1. The lowest BCUT2D eigenvalue weighted by atomic mass is 10.1. The second-order valence-corrected chi connectivity index (χ2v) is 6.97. The van der Waals surface area contributed by atoms with E-state index in [0.29, 0.717) is 27.2 Å². The molecular weight excluding hydrogens is 402 g/mol. The third kappa shape index (κ3) is 4.31. The fourth-order valence-electron chi connectivity index (χ4n) is 3.08. The average Bonchev–Trinajstić information content (AvgIpc) is 2.77. The summed E-state index contributed by atoms with van der Waals surface area (Å²) >= 11 is 6.08. The molecule has 7 nitrogen and oxygen atoms in total. The van der Waals surface area contributed by atoms with Crippen LogP contribution in [0.3, 0.4) is 0 Å². The Balaban J connectivity index is 1.60. The molecule has 0 radical (unpaired) electrons. The third-order valence-corrected chi connectivity index (χ3v) is 4.85. The van der Waals surface area contributed by atoms with Gasteiger partial charge >= 0.3 is 6.03 Å². The lowest BCUT2D eigenvalue weighted by Gasteiger charge is -2.12. The maximum absolute atomic E-state index is 12.9. The van der Waals surface area contributed by atoms with E-state index < -0.39 is 6.03 Å². The third-order valence-electron chi connectivity index (χ3n) is 4.52. The molecule has 0 spiro atoms. The van der Waals surface area contributed by atoms with E-state index in [4.69, 9.17) is 11.6 Å². The summed E-state index contributed by atoms with van der Waals surface area (Å²) in [4.78, 5) is 29.5. The maximum atomic E-state index is 12.9. The number of benzene rings is 2. The first-order chi connectivity index (χ1) is 14.6.